The van der Waals surface area contributed by atoms with Gasteiger partial charge in [0.25, 0.3) is 0 Å². The first-order valence-corrected chi connectivity index (χ1v) is 7.67. The third kappa shape index (κ3) is 1.83. The summed E-state index contributed by atoms with van der Waals surface area (Å²) >= 11 is 0. The average molecular weight is 273 g/mol. The Kier molecular flexibility index (Phi) is 2.87. The van der Waals surface area contributed by atoms with E-state index in [0.29, 0.717) is 12.0 Å². The van der Waals surface area contributed by atoms with E-state index >= 15 is 0 Å². The van der Waals surface area contributed by atoms with Crippen LogP contribution in [0.15, 0.2) is 60.7 Å². The number of nitrogens with zero attached hydrogens (tertiary/aromatic N) is 1. The fraction of sp³-hybridized carbons (Fsp3) is 0.300. The summed E-state index contributed by atoms with van der Waals surface area (Å²) in [6.45, 7) is 0. The Morgan fingerprint density at radius 2 is 1.67 bits per heavy atom. The van der Waals surface area contributed by atoms with Crippen molar-refractivity contribution in [2.75, 3.05) is 7.05 Å². The van der Waals surface area contributed by atoms with Crippen molar-refractivity contribution in [3.05, 3.63) is 71.8 Å². The standard InChI is InChI=1S/C20H19N/c1-21-19-13-15-20(21,17-10-6-3-7-11-17)14-12-18(19)16-8-4-2-5-9-16/h2-11,18-19H,13,15H2,1H3/t18?,19-,20-/m0/s1. The van der Waals surface area contributed by atoms with Crippen LogP contribution in [0.2, 0.25) is 0 Å². The second-order valence-electron chi connectivity index (χ2n) is 6.10. The molecule has 1 heteroatoms. The lowest BCUT2D eigenvalue weighted by Gasteiger charge is -2.39. The summed E-state index contributed by atoms with van der Waals surface area (Å²) in [4.78, 5) is 2.51. The molecule has 0 aliphatic carbocycles. The summed E-state index contributed by atoms with van der Waals surface area (Å²) in [5, 5.41) is 0. The molecule has 2 aromatic rings. The van der Waals surface area contributed by atoms with Crippen LogP contribution in [0.5, 0.6) is 0 Å². The molecule has 104 valence electrons. The maximum Gasteiger partial charge on any atom is 0.108 e. The van der Waals surface area contributed by atoms with E-state index in [2.05, 4.69) is 84.5 Å². The van der Waals surface area contributed by atoms with E-state index in [4.69, 9.17) is 0 Å². The molecule has 1 nitrogen and oxygen atoms in total. The van der Waals surface area contributed by atoms with Gasteiger partial charge < -0.3 is 0 Å². The minimum absolute atomic E-state index is 0.0722. The highest BCUT2D eigenvalue weighted by atomic mass is 15.2. The van der Waals surface area contributed by atoms with Gasteiger partial charge in [-0.05, 0) is 31.0 Å². The first-order valence-electron chi connectivity index (χ1n) is 7.67. The zero-order chi connectivity index (χ0) is 14.3. The van der Waals surface area contributed by atoms with Gasteiger partial charge >= 0.3 is 0 Å². The summed E-state index contributed by atoms with van der Waals surface area (Å²) in [7, 11) is 2.24. The molecule has 3 atom stereocenters. The molecule has 2 heterocycles. The van der Waals surface area contributed by atoms with Crippen molar-refractivity contribution in [3.8, 4) is 11.8 Å². The SMILES string of the molecule is CN1[C@H]2CC[C@]1(c1ccccc1)C#CC2c1ccccc1. The molecular formula is C20H19N. The van der Waals surface area contributed by atoms with Gasteiger partial charge in [-0.3, -0.25) is 4.90 Å². The summed E-state index contributed by atoms with van der Waals surface area (Å²) in [5.74, 6) is 7.53. The van der Waals surface area contributed by atoms with Gasteiger partial charge in [0, 0.05) is 6.04 Å². The van der Waals surface area contributed by atoms with Gasteiger partial charge in [-0.2, -0.15) is 0 Å². The van der Waals surface area contributed by atoms with E-state index in [0.717, 1.165) is 6.42 Å². The molecule has 21 heavy (non-hydrogen) atoms. The van der Waals surface area contributed by atoms with E-state index in [1.807, 2.05) is 0 Å². The molecule has 2 bridgehead atoms. The predicted molar refractivity (Wildman–Crippen MR) is 85.9 cm³/mol. The van der Waals surface area contributed by atoms with E-state index in [9.17, 15) is 0 Å². The quantitative estimate of drug-likeness (QED) is 0.753. The van der Waals surface area contributed by atoms with Crippen LogP contribution in [-0.4, -0.2) is 18.0 Å². The highest BCUT2D eigenvalue weighted by Crippen LogP contribution is 2.47. The third-order valence-electron chi connectivity index (χ3n) is 5.13. The van der Waals surface area contributed by atoms with Crippen LogP contribution < -0.4 is 0 Å². The van der Waals surface area contributed by atoms with Crippen molar-refractivity contribution in [3.63, 3.8) is 0 Å². The molecule has 0 N–H and O–H groups in total. The summed E-state index contributed by atoms with van der Waals surface area (Å²) in [6, 6.07) is 22.0. The second-order valence-corrected chi connectivity index (χ2v) is 6.10. The van der Waals surface area contributed by atoms with E-state index in [-0.39, 0.29) is 5.54 Å². The Morgan fingerprint density at radius 1 is 1.00 bits per heavy atom. The zero-order valence-corrected chi connectivity index (χ0v) is 12.3. The molecule has 0 spiro atoms. The Labute approximate surface area is 126 Å². The number of hydrogen-bond acceptors (Lipinski definition) is 1. The minimum Gasteiger partial charge on any atom is -0.282 e. The van der Waals surface area contributed by atoms with Gasteiger partial charge in [0.15, 0.2) is 0 Å². The Hall–Kier alpha value is -2.04. The van der Waals surface area contributed by atoms with Gasteiger partial charge in [0.2, 0.25) is 0 Å². The maximum atomic E-state index is 3.61. The van der Waals surface area contributed by atoms with Crippen LogP contribution >= 0.6 is 0 Å². The number of rotatable bonds is 2. The molecule has 2 aliphatic heterocycles. The first-order chi connectivity index (χ1) is 10.3. The molecular weight excluding hydrogens is 254 g/mol. The molecule has 0 amide bonds. The Balaban J connectivity index is 1.79. The Morgan fingerprint density at radius 3 is 2.38 bits per heavy atom. The van der Waals surface area contributed by atoms with Gasteiger partial charge in [-0.15, -0.1) is 0 Å². The van der Waals surface area contributed by atoms with Crippen molar-refractivity contribution in [1.82, 2.24) is 4.90 Å². The Bertz CT molecular complexity index is 695. The highest BCUT2D eigenvalue weighted by Gasteiger charge is 2.49. The second kappa shape index (κ2) is 4.76. The first kappa shape index (κ1) is 12.7. The monoisotopic (exact) mass is 273 g/mol. The normalized spacial score (nSPS) is 30.7. The lowest BCUT2D eigenvalue weighted by Crippen LogP contribution is -2.45. The summed E-state index contributed by atoms with van der Waals surface area (Å²) in [5.41, 5.74) is 2.62. The number of fused-ring (bicyclic) bond motifs is 2. The van der Waals surface area contributed by atoms with Crippen LogP contribution in [-0.2, 0) is 5.54 Å². The molecule has 0 saturated carbocycles. The van der Waals surface area contributed by atoms with E-state index in [1.54, 1.807) is 0 Å². The third-order valence-corrected chi connectivity index (χ3v) is 5.13. The summed E-state index contributed by atoms with van der Waals surface area (Å²) in [6.07, 6.45) is 2.33. The van der Waals surface area contributed by atoms with Gasteiger partial charge in [-0.25, -0.2) is 0 Å². The molecule has 0 aromatic heterocycles. The molecule has 1 unspecified atom stereocenters. The highest BCUT2D eigenvalue weighted by molar-refractivity contribution is 5.44. The van der Waals surface area contributed by atoms with Crippen molar-refractivity contribution in [1.29, 1.82) is 0 Å². The van der Waals surface area contributed by atoms with Gasteiger partial charge in [0.05, 0.1) is 5.92 Å². The van der Waals surface area contributed by atoms with Gasteiger partial charge in [0.1, 0.15) is 5.54 Å². The van der Waals surface area contributed by atoms with Crippen LogP contribution in [0.4, 0.5) is 0 Å². The van der Waals surface area contributed by atoms with Crippen LogP contribution in [0, 0.1) is 11.8 Å². The smallest absolute Gasteiger partial charge is 0.108 e. The lowest BCUT2D eigenvalue weighted by atomic mass is 9.85. The number of hydrogen-bond donors (Lipinski definition) is 0. The van der Waals surface area contributed by atoms with Crippen molar-refractivity contribution >= 4 is 0 Å². The molecule has 4 rings (SSSR count). The van der Waals surface area contributed by atoms with E-state index < -0.39 is 0 Å². The predicted octanol–water partition coefficient (Wildman–Crippen LogP) is 3.78. The minimum atomic E-state index is -0.0722. The molecule has 2 aromatic carbocycles. The maximum absolute atomic E-state index is 3.61. The average Bonchev–Trinajstić information content (AvgIpc) is 2.76. The topological polar surface area (TPSA) is 3.24 Å². The number of likely N-dealkylation sites (N-methyl/N-ethyl adjacent to an activating group) is 1. The summed E-state index contributed by atoms with van der Waals surface area (Å²) < 4.78 is 0. The van der Waals surface area contributed by atoms with E-state index in [1.165, 1.54) is 17.5 Å². The fourth-order valence-electron chi connectivity index (χ4n) is 3.94. The van der Waals surface area contributed by atoms with Crippen LogP contribution in [0.3, 0.4) is 0 Å². The lowest BCUT2D eigenvalue weighted by molar-refractivity contribution is 0.171. The van der Waals surface area contributed by atoms with Crippen LogP contribution in [0.25, 0.3) is 0 Å². The molecule has 0 radical (unpaired) electrons. The number of benzene rings is 2. The largest absolute Gasteiger partial charge is 0.282 e. The van der Waals surface area contributed by atoms with Crippen molar-refractivity contribution < 1.29 is 0 Å². The van der Waals surface area contributed by atoms with Crippen molar-refractivity contribution in [2.24, 2.45) is 0 Å². The molecule has 2 aliphatic rings. The molecule has 1 fully saturated rings. The van der Waals surface area contributed by atoms with Crippen molar-refractivity contribution in [2.45, 2.75) is 30.3 Å². The van der Waals surface area contributed by atoms with Crippen LogP contribution in [0.1, 0.15) is 29.9 Å². The fourth-order valence-corrected chi connectivity index (χ4v) is 3.94. The molecule has 1 saturated heterocycles. The van der Waals surface area contributed by atoms with Gasteiger partial charge in [-0.1, -0.05) is 72.5 Å². The zero-order valence-electron chi connectivity index (χ0n) is 12.3.